The van der Waals surface area contributed by atoms with E-state index in [0.717, 1.165) is 6.07 Å². The summed E-state index contributed by atoms with van der Waals surface area (Å²) in [5.41, 5.74) is 0.0517. The average Bonchev–Trinajstić information content (AvgIpc) is 2.16. The summed E-state index contributed by atoms with van der Waals surface area (Å²) in [7, 11) is 0. The highest BCUT2D eigenvalue weighted by atomic mass is 35.5. The molecule has 0 spiro atoms. The zero-order valence-corrected chi connectivity index (χ0v) is 7.81. The summed E-state index contributed by atoms with van der Waals surface area (Å²) < 4.78 is 12.9. The molecule has 0 aliphatic rings. The minimum atomic E-state index is -1.31. The molecule has 1 aromatic carbocycles. The lowest BCUT2D eigenvalue weighted by molar-refractivity contribution is 0.0692. The van der Waals surface area contributed by atoms with Crippen molar-refractivity contribution in [3.8, 4) is 11.8 Å². The molecule has 0 aliphatic heterocycles. The smallest absolute Gasteiger partial charge is 0.338 e. The van der Waals surface area contributed by atoms with Crippen LogP contribution in [0.3, 0.4) is 0 Å². The fourth-order valence-corrected chi connectivity index (χ4v) is 0.969. The fourth-order valence-electron chi connectivity index (χ4n) is 0.902. The highest BCUT2D eigenvalue weighted by molar-refractivity contribution is 6.19. The first kappa shape index (κ1) is 10.6. The average molecular weight is 213 g/mol. The number of carbonyl (C=O) groups is 1. The van der Waals surface area contributed by atoms with E-state index in [1.807, 2.05) is 0 Å². The molecule has 1 N–H and O–H groups in total. The SMILES string of the molecule is O=C(O)c1cc(C#CCCl)ccc1F. The van der Waals surface area contributed by atoms with Gasteiger partial charge in [0.2, 0.25) is 0 Å². The van der Waals surface area contributed by atoms with Crippen molar-refractivity contribution in [1.29, 1.82) is 0 Å². The minimum Gasteiger partial charge on any atom is -0.478 e. The number of rotatable bonds is 1. The van der Waals surface area contributed by atoms with Gasteiger partial charge in [-0.3, -0.25) is 0 Å². The first-order chi connectivity index (χ1) is 6.65. The van der Waals surface area contributed by atoms with Crippen LogP contribution >= 0.6 is 11.6 Å². The van der Waals surface area contributed by atoms with Gasteiger partial charge < -0.3 is 5.11 Å². The number of carboxylic acids is 1. The molecule has 0 radical (unpaired) electrons. The molecular formula is C10H6ClFO2. The number of benzene rings is 1. The standard InChI is InChI=1S/C10H6ClFO2/c11-5-1-2-7-3-4-9(12)8(6-7)10(13)14/h3-4,6H,5H2,(H,13,14). The van der Waals surface area contributed by atoms with Crippen LogP contribution in [-0.4, -0.2) is 17.0 Å². The van der Waals surface area contributed by atoms with Crippen LogP contribution in [0, 0.1) is 17.7 Å². The van der Waals surface area contributed by atoms with E-state index >= 15 is 0 Å². The van der Waals surface area contributed by atoms with E-state index < -0.39 is 11.8 Å². The van der Waals surface area contributed by atoms with Crippen molar-refractivity contribution in [2.45, 2.75) is 0 Å². The number of hydrogen-bond acceptors (Lipinski definition) is 1. The second-order valence-corrected chi connectivity index (χ2v) is 2.70. The maximum Gasteiger partial charge on any atom is 0.338 e. The molecule has 0 saturated carbocycles. The highest BCUT2D eigenvalue weighted by Gasteiger charge is 2.09. The molecule has 1 rings (SSSR count). The molecule has 0 unspecified atom stereocenters. The maximum absolute atomic E-state index is 12.9. The normalized spacial score (nSPS) is 9.00. The van der Waals surface area contributed by atoms with Gasteiger partial charge in [-0.2, -0.15) is 0 Å². The van der Waals surface area contributed by atoms with E-state index in [1.54, 1.807) is 0 Å². The zero-order valence-electron chi connectivity index (χ0n) is 7.05. The lowest BCUT2D eigenvalue weighted by Gasteiger charge is -1.97. The van der Waals surface area contributed by atoms with Crippen LogP contribution in [0.15, 0.2) is 18.2 Å². The lowest BCUT2D eigenvalue weighted by Crippen LogP contribution is -2.00. The highest BCUT2D eigenvalue weighted by Crippen LogP contribution is 2.09. The van der Waals surface area contributed by atoms with E-state index in [4.69, 9.17) is 16.7 Å². The van der Waals surface area contributed by atoms with Crippen LogP contribution in [0.1, 0.15) is 15.9 Å². The Kier molecular flexibility index (Phi) is 3.49. The maximum atomic E-state index is 12.9. The molecule has 1 aromatic rings. The summed E-state index contributed by atoms with van der Waals surface area (Å²) in [6.07, 6.45) is 0. The van der Waals surface area contributed by atoms with Crippen LogP contribution in [0.2, 0.25) is 0 Å². The molecule has 4 heteroatoms. The molecule has 2 nitrogen and oxygen atoms in total. The molecule has 0 heterocycles. The Morgan fingerprint density at radius 2 is 2.29 bits per heavy atom. The van der Waals surface area contributed by atoms with E-state index in [9.17, 15) is 9.18 Å². The molecule has 0 atom stereocenters. The van der Waals surface area contributed by atoms with Gasteiger partial charge in [0, 0.05) is 5.56 Å². The molecule has 0 fully saturated rings. The molecular weight excluding hydrogens is 207 g/mol. The summed E-state index contributed by atoms with van der Waals surface area (Å²) in [5, 5.41) is 8.60. The van der Waals surface area contributed by atoms with E-state index in [2.05, 4.69) is 11.8 Å². The number of aromatic carboxylic acids is 1. The van der Waals surface area contributed by atoms with Crippen molar-refractivity contribution in [2.24, 2.45) is 0 Å². The monoisotopic (exact) mass is 212 g/mol. The topological polar surface area (TPSA) is 37.3 Å². The number of carboxylic acid groups (broad SMARTS) is 1. The second kappa shape index (κ2) is 4.64. The Bertz CT molecular complexity index is 418. The second-order valence-electron chi connectivity index (χ2n) is 2.44. The van der Waals surface area contributed by atoms with Gasteiger partial charge in [-0.1, -0.05) is 11.8 Å². The molecule has 72 valence electrons. The Labute approximate surface area is 85.3 Å². The molecule has 14 heavy (non-hydrogen) atoms. The van der Waals surface area contributed by atoms with E-state index in [-0.39, 0.29) is 11.4 Å². The number of hydrogen-bond donors (Lipinski definition) is 1. The first-order valence-corrected chi connectivity index (χ1v) is 4.26. The van der Waals surface area contributed by atoms with Gasteiger partial charge in [-0.15, -0.1) is 11.6 Å². The van der Waals surface area contributed by atoms with Crippen molar-refractivity contribution < 1.29 is 14.3 Å². The first-order valence-electron chi connectivity index (χ1n) is 3.73. The Hall–Kier alpha value is -1.53. The minimum absolute atomic E-state index is 0.153. The van der Waals surface area contributed by atoms with Gasteiger partial charge in [0.05, 0.1) is 11.4 Å². The zero-order chi connectivity index (χ0) is 10.6. The Balaban J connectivity index is 3.13. The Morgan fingerprint density at radius 1 is 1.57 bits per heavy atom. The predicted molar refractivity (Wildman–Crippen MR) is 51.0 cm³/mol. The van der Waals surface area contributed by atoms with Crippen LogP contribution in [0.4, 0.5) is 4.39 Å². The van der Waals surface area contributed by atoms with Gasteiger partial charge in [-0.05, 0) is 18.2 Å². The van der Waals surface area contributed by atoms with E-state index in [1.165, 1.54) is 12.1 Å². The summed E-state index contributed by atoms with van der Waals surface area (Å²) in [4.78, 5) is 10.5. The van der Waals surface area contributed by atoms with Gasteiger partial charge in [0.15, 0.2) is 0 Å². The van der Waals surface area contributed by atoms with Crippen LogP contribution in [0.5, 0.6) is 0 Å². The number of halogens is 2. The quantitative estimate of drug-likeness (QED) is 0.572. The molecule has 0 saturated heterocycles. The molecule has 0 aromatic heterocycles. The lowest BCUT2D eigenvalue weighted by atomic mass is 10.1. The number of alkyl halides is 1. The van der Waals surface area contributed by atoms with Crippen molar-refractivity contribution in [3.05, 3.63) is 35.1 Å². The molecule has 0 bridgehead atoms. The summed E-state index contributed by atoms with van der Waals surface area (Å²) in [5.74, 6) is 3.23. The van der Waals surface area contributed by atoms with Gasteiger partial charge in [0.25, 0.3) is 0 Å². The summed E-state index contributed by atoms with van der Waals surface area (Å²) >= 11 is 5.32. The van der Waals surface area contributed by atoms with E-state index in [0.29, 0.717) is 5.56 Å². The van der Waals surface area contributed by atoms with Crippen molar-refractivity contribution >= 4 is 17.6 Å². The predicted octanol–water partition coefficient (Wildman–Crippen LogP) is 2.11. The van der Waals surface area contributed by atoms with Crippen molar-refractivity contribution in [1.82, 2.24) is 0 Å². The Morgan fingerprint density at radius 3 is 2.86 bits per heavy atom. The van der Waals surface area contributed by atoms with Gasteiger partial charge in [0.1, 0.15) is 5.82 Å². The summed E-state index contributed by atoms with van der Waals surface area (Å²) in [6, 6.07) is 3.65. The fraction of sp³-hybridized carbons (Fsp3) is 0.100. The molecule has 0 aliphatic carbocycles. The van der Waals surface area contributed by atoms with Gasteiger partial charge in [-0.25, -0.2) is 9.18 Å². The third-order valence-electron chi connectivity index (χ3n) is 1.50. The van der Waals surface area contributed by atoms with Crippen LogP contribution in [0.25, 0.3) is 0 Å². The van der Waals surface area contributed by atoms with Crippen molar-refractivity contribution in [2.75, 3.05) is 5.88 Å². The molecule has 0 amide bonds. The van der Waals surface area contributed by atoms with Crippen molar-refractivity contribution in [3.63, 3.8) is 0 Å². The third-order valence-corrected chi connectivity index (χ3v) is 1.63. The van der Waals surface area contributed by atoms with Gasteiger partial charge >= 0.3 is 5.97 Å². The third kappa shape index (κ3) is 2.48. The van der Waals surface area contributed by atoms with Crippen LogP contribution in [-0.2, 0) is 0 Å². The summed E-state index contributed by atoms with van der Waals surface area (Å²) in [6.45, 7) is 0. The largest absolute Gasteiger partial charge is 0.478 e. The van der Waals surface area contributed by atoms with Crippen LogP contribution < -0.4 is 0 Å².